The SMILES string of the molecule is Cc1ccc(C2CC(c3ccc(C)cc3C)=NN2C(=O)CN2CC(C)OC(C)C2)cc1. The molecule has 0 radical (unpaired) electrons. The smallest absolute Gasteiger partial charge is 0.257 e. The Morgan fingerprint density at radius 2 is 1.65 bits per heavy atom. The van der Waals surface area contributed by atoms with E-state index in [0.717, 1.165) is 36.3 Å². The third-order valence-corrected chi connectivity index (χ3v) is 6.17. The topological polar surface area (TPSA) is 45.1 Å². The fourth-order valence-electron chi connectivity index (χ4n) is 4.77. The Morgan fingerprint density at radius 3 is 2.29 bits per heavy atom. The fourth-order valence-corrected chi connectivity index (χ4v) is 4.77. The molecule has 2 heterocycles. The maximum Gasteiger partial charge on any atom is 0.257 e. The summed E-state index contributed by atoms with van der Waals surface area (Å²) in [6, 6.07) is 14.8. The highest BCUT2D eigenvalue weighted by molar-refractivity contribution is 6.04. The lowest BCUT2D eigenvalue weighted by atomic mass is 9.95. The van der Waals surface area contributed by atoms with E-state index in [0.29, 0.717) is 6.54 Å². The summed E-state index contributed by atoms with van der Waals surface area (Å²) in [5, 5.41) is 6.60. The second-order valence-corrected chi connectivity index (χ2v) is 9.19. The lowest BCUT2D eigenvalue weighted by molar-refractivity contribution is -0.137. The van der Waals surface area contributed by atoms with E-state index < -0.39 is 0 Å². The van der Waals surface area contributed by atoms with Crippen LogP contribution in [0.2, 0.25) is 0 Å². The van der Waals surface area contributed by atoms with Crippen molar-refractivity contribution in [3.05, 3.63) is 70.3 Å². The third-order valence-electron chi connectivity index (χ3n) is 6.17. The zero-order chi connectivity index (χ0) is 22.1. The minimum absolute atomic E-state index is 0.0478. The van der Waals surface area contributed by atoms with E-state index in [1.165, 1.54) is 16.7 Å². The van der Waals surface area contributed by atoms with Crippen LogP contribution in [0.3, 0.4) is 0 Å². The third kappa shape index (κ3) is 4.89. The van der Waals surface area contributed by atoms with Gasteiger partial charge in [-0.25, -0.2) is 5.01 Å². The van der Waals surface area contributed by atoms with Crippen molar-refractivity contribution in [2.24, 2.45) is 5.10 Å². The molecule has 1 amide bonds. The van der Waals surface area contributed by atoms with Crippen LogP contribution >= 0.6 is 0 Å². The van der Waals surface area contributed by atoms with Crippen LogP contribution in [-0.2, 0) is 9.53 Å². The summed E-state index contributed by atoms with van der Waals surface area (Å²) < 4.78 is 5.83. The van der Waals surface area contributed by atoms with Crippen molar-refractivity contribution in [2.75, 3.05) is 19.6 Å². The van der Waals surface area contributed by atoms with Crippen molar-refractivity contribution in [2.45, 2.75) is 59.3 Å². The van der Waals surface area contributed by atoms with Crippen molar-refractivity contribution in [1.29, 1.82) is 0 Å². The first-order valence-electron chi connectivity index (χ1n) is 11.2. The Hall–Kier alpha value is -2.50. The molecule has 0 spiro atoms. The van der Waals surface area contributed by atoms with Crippen molar-refractivity contribution in [3.63, 3.8) is 0 Å². The number of rotatable bonds is 4. The fraction of sp³-hybridized carbons (Fsp3) is 0.462. The van der Waals surface area contributed by atoms with Crippen LogP contribution in [0.15, 0.2) is 47.6 Å². The van der Waals surface area contributed by atoms with Gasteiger partial charge in [-0.15, -0.1) is 0 Å². The quantitative estimate of drug-likeness (QED) is 0.738. The van der Waals surface area contributed by atoms with Gasteiger partial charge in [-0.3, -0.25) is 9.69 Å². The monoisotopic (exact) mass is 419 g/mol. The largest absolute Gasteiger partial charge is 0.373 e. The molecule has 0 aliphatic carbocycles. The normalized spacial score (nSPS) is 24.4. The molecule has 0 saturated carbocycles. The van der Waals surface area contributed by atoms with Crippen molar-refractivity contribution in [1.82, 2.24) is 9.91 Å². The molecule has 2 aromatic carbocycles. The average Bonchev–Trinajstić information content (AvgIpc) is 3.13. The molecule has 2 aromatic rings. The van der Waals surface area contributed by atoms with Gasteiger partial charge >= 0.3 is 0 Å². The van der Waals surface area contributed by atoms with Crippen LogP contribution in [0.5, 0.6) is 0 Å². The predicted octanol–water partition coefficient (Wildman–Crippen LogP) is 4.40. The first kappa shape index (κ1) is 21.7. The number of hydrogen-bond donors (Lipinski definition) is 0. The molecule has 4 rings (SSSR count). The van der Waals surface area contributed by atoms with E-state index in [1.54, 1.807) is 5.01 Å². The highest BCUT2D eigenvalue weighted by Gasteiger charge is 2.35. The van der Waals surface area contributed by atoms with Gasteiger partial charge < -0.3 is 4.74 Å². The molecular weight excluding hydrogens is 386 g/mol. The first-order chi connectivity index (χ1) is 14.8. The molecule has 5 nitrogen and oxygen atoms in total. The van der Waals surface area contributed by atoms with E-state index in [4.69, 9.17) is 9.84 Å². The Morgan fingerprint density at radius 1 is 1.00 bits per heavy atom. The molecule has 0 bridgehead atoms. The van der Waals surface area contributed by atoms with Crippen LogP contribution in [0.25, 0.3) is 0 Å². The van der Waals surface area contributed by atoms with Gasteiger partial charge in [-0.2, -0.15) is 5.10 Å². The second kappa shape index (κ2) is 8.93. The van der Waals surface area contributed by atoms with Crippen LogP contribution in [0.4, 0.5) is 0 Å². The van der Waals surface area contributed by atoms with Crippen LogP contribution < -0.4 is 0 Å². The van der Waals surface area contributed by atoms with E-state index in [1.807, 2.05) is 0 Å². The number of benzene rings is 2. The summed E-state index contributed by atoms with van der Waals surface area (Å²) in [4.78, 5) is 15.6. The molecule has 3 unspecified atom stereocenters. The number of aryl methyl sites for hydroxylation is 3. The number of ether oxygens (including phenoxy) is 1. The summed E-state index contributed by atoms with van der Waals surface area (Å²) in [7, 11) is 0. The van der Waals surface area contributed by atoms with E-state index >= 15 is 0 Å². The molecule has 1 saturated heterocycles. The average molecular weight is 420 g/mol. The molecule has 1 fully saturated rings. The van der Waals surface area contributed by atoms with Gasteiger partial charge in [0.05, 0.1) is 30.5 Å². The molecule has 2 aliphatic rings. The maximum absolute atomic E-state index is 13.4. The van der Waals surface area contributed by atoms with E-state index in [-0.39, 0.29) is 24.2 Å². The lowest BCUT2D eigenvalue weighted by Gasteiger charge is -2.35. The lowest BCUT2D eigenvalue weighted by Crippen LogP contribution is -2.49. The molecule has 5 heteroatoms. The van der Waals surface area contributed by atoms with Gasteiger partial charge in [0.1, 0.15) is 0 Å². The van der Waals surface area contributed by atoms with Gasteiger partial charge in [0.2, 0.25) is 0 Å². The van der Waals surface area contributed by atoms with Gasteiger partial charge in [0, 0.05) is 25.1 Å². The molecule has 3 atom stereocenters. The minimum atomic E-state index is -0.0697. The van der Waals surface area contributed by atoms with Crippen molar-refractivity contribution >= 4 is 11.6 Å². The van der Waals surface area contributed by atoms with E-state index in [2.05, 4.69) is 82.0 Å². The maximum atomic E-state index is 13.4. The first-order valence-corrected chi connectivity index (χ1v) is 11.2. The highest BCUT2D eigenvalue weighted by atomic mass is 16.5. The van der Waals surface area contributed by atoms with Gasteiger partial charge in [0.25, 0.3) is 5.91 Å². The number of nitrogens with zero attached hydrogens (tertiary/aromatic N) is 3. The van der Waals surface area contributed by atoms with E-state index in [9.17, 15) is 4.79 Å². The van der Waals surface area contributed by atoms with Gasteiger partial charge in [-0.05, 0) is 45.7 Å². The Bertz CT molecular complexity index is 973. The highest BCUT2D eigenvalue weighted by Crippen LogP contribution is 2.34. The summed E-state index contributed by atoms with van der Waals surface area (Å²) in [6.45, 7) is 12.3. The number of hydrazone groups is 1. The Labute approximate surface area is 185 Å². The number of carbonyl (C=O) groups is 1. The molecule has 0 aromatic heterocycles. The van der Waals surface area contributed by atoms with Crippen molar-refractivity contribution in [3.8, 4) is 0 Å². The molecule has 2 aliphatic heterocycles. The zero-order valence-corrected chi connectivity index (χ0v) is 19.3. The number of hydrogen-bond acceptors (Lipinski definition) is 4. The number of amides is 1. The summed E-state index contributed by atoms with van der Waals surface area (Å²) in [6.07, 6.45) is 1.00. The van der Waals surface area contributed by atoms with Crippen LogP contribution in [-0.4, -0.2) is 53.4 Å². The summed E-state index contributed by atoms with van der Waals surface area (Å²) in [5.74, 6) is 0.0478. The molecule has 31 heavy (non-hydrogen) atoms. The molecule has 164 valence electrons. The number of carbonyl (C=O) groups excluding carboxylic acids is 1. The summed E-state index contributed by atoms with van der Waals surface area (Å²) >= 11 is 0. The minimum Gasteiger partial charge on any atom is -0.373 e. The Balaban J connectivity index is 1.62. The zero-order valence-electron chi connectivity index (χ0n) is 19.3. The number of morpholine rings is 1. The standard InChI is InChI=1S/C26H33N3O2/c1-17-6-9-22(10-7-17)25-13-24(23-11-8-18(2)12-19(23)3)27-29(25)26(30)16-28-14-20(4)31-21(5)15-28/h6-12,20-21,25H,13-16H2,1-5H3. The van der Waals surface area contributed by atoms with Crippen molar-refractivity contribution < 1.29 is 9.53 Å². The van der Waals surface area contributed by atoms with Crippen LogP contribution in [0, 0.1) is 20.8 Å². The van der Waals surface area contributed by atoms with Gasteiger partial charge in [-0.1, -0.05) is 53.6 Å². The van der Waals surface area contributed by atoms with Gasteiger partial charge in [0.15, 0.2) is 0 Å². The predicted molar refractivity (Wildman–Crippen MR) is 124 cm³/mol. The molecule has 0 N–H and O–H groups in total. The summed E-state index contributed by atoms with van der Waals surface area (Å²) in [5.41, 5.74) is 6.90. The Kier molecular flexibility index (Phi) is 6.26. The van der Waals surface area contributed by atoms with Crippen LogP contribution in [0.1, 0.15) is 54.1 Å². The molecular formula is C26H33N3O2. The second-order valence-electron chi connectivity index (χ2n) is 9.19.